The Morgan fingerprint density at radius 2 is 2.00 bits per heavy atom. The summed E-state index contributed by atoms with van der Waals surface area (Å²) in [5.41, 5.74) is 7.07. The number of carbonyl (C=O) groups is 1. The van der Waals surface area contributed by atoms with Crippen LogP contribution >= 0.6 is 11.6 Å². The first-order valence-electron chi connectivity index (χ1n) is 6.90. The molecule has 0 aliphatic rings. The lowest BCUT2D eigenvalue weighted by Gasteiger charge is -2.08. The number of hydrogen-bond acceptors (Lipinski definition) is 5. The third kappa shape index (κ3) is 4.41. The Bertz CT molecular complexity index is 810. The van der Waals surface area contributed by atoms with Gasteiger partial charge in [-0.15, -0.1) is 0 Å². The molecule has 0 atom stereocenters. The number of benzene rings is 2. The van der Waals surface area contributed by atoms with Crippen LogP contribution in [0.2, 0.25) is 5.02 Å². The second-order valence-electron chi connectivity index (χ2n) is 4.74. The van der Waals surface area contributed by atoms with Gasteiger partial charge in [0.2, 0.25) is 0 Å². The van der Waals surface area contributed by atoms with Crippen molar-refractivity contribution in [3.63, 3.8) is 0 Å². The van der Waals surface area contributed by atoms with Gasteiger partial charge in [0.15, 0.2) is 0 Å². The van der Waals surface area contributed by atoms with Crippen molar-refractivity contribution in [1.82, 2.24) is 0 Å². The summed E-state index contributed by atoms with van der Waals surface area (Å²) in [5, 5.41) is 14.9. The molecule has 0 heterocycles. The van der Waals surface area contributed by atoms with Crippen LogP contribution in [0.4, 0.5) is 17.1 Å². The van der Waals surface area contributed by atoms with Gasteiger partial charge in [0, 0.05) is 17.6 Å². The van der Waals surface area contributed by atoms with Crippen LogP contribution in [0, 0.1) is 11.3 Å². The lowest BCUT2D eigenvalue weighted by molar-refractivity contribution is -0.112. The molecule has 0 aliphatic heterocycles. The maximum Gasteiger partial charge on any atom is 0.267 e. The number of rotatable bonds is 5. The van der Waals surface area contributed by atoms with E-state index in [1.54, 1.807) is 43.5 Å². The molecule has 2 aromatic carbocycles. The highest BCUT2D eigenvalue weighted by molar-refractivity contribution is 6.34. The average Bonchev–Trinajstić information content (AvgIpc) is 2.58. The van der Waals surface area contributed by atoms with Crippen LogP contribution in [-0.2, 0) is 4.79 Å². The molecule has 2 rings (SSSR count). The highest BCUT2D eigenvalue weighted by Gasteiger charge is 2.11. The summed E-state index contributed by atoms with van der Waals surface area (Å²) in [6, 6.07) is 13.6. The van der Waals surface area contributed by atoms with Crippen molar-refractivity contribution < 1.29 is 9.53 Å². The summed E-state index contributed by atoms with van der Waals surface area (Å²) in [4.78, 5) is 12.2. The molecule has 0 spiro atoms. The van der Waals surface area contributed by atoms with Gasteiger partial charge >= 0.3 is 0 Å². The Balaban J connectivity index is 2.08. The third-order valence-corrected chi connectivity index (χ3v) is 3.39. The van der Waals surface area contributed by atoms with E-state index in [4.69, 9.17) is 27.3 Å². The highest BCUT2D eigenvalue weighted by Crippen LogP contribution is 2.24. The molecule has 6 nitrogen and oxygen atoms in total. The third-order valence-electron chi connectivity index (χ3n) is 3.08. The predicted molar refractivity (Wildman–Crippen MR) is 94.8 cm³/mol. The van der Waals surface area contributed by atoms with Crippen molar-refractivity contribution in [1.29, 1.82) is 5.26 Å². The number of nitrogens with zero attached hydrogens (tertiary/aromatic N) is 1. The Labute approximate surface area is 144 Å². The second-order valence-corrected chi connectivity index (χ2v) is 5.14. The molecule has 0 radical (unpaired) electrons. The lowest BCUT2D eigenvalue weighted by atomic mass is 10.2. The molecule has 24 heavy (non-hydrogen) atoms. The number of nitriles is 1. The largest absolute Gasteiger partial charge is 0.497 e. The van der Waals surface area contributed by atoms with E-state index in [9.17, 15) is 4.79 Å². The molecule has 0 bridgehead atoms. The second kappa shape index (κ2) is 7.90. The van der Waals surface area contributed by atoms with Gasteiger partial charge in [-0.3, -0.25) is 4.79 Å². The Morgan fingerprint density at radius 3 is 2.58 bits per heavy atom. The maximum atomic E-state index is 12.2. The lowest BCUT2D eigenvalue weighted by Crippen LogP contribution is -2.15. The van der Waals surface area contributed by atoms with Crippen LogP contribution in [0.3, 0.4) is 0 Å². The SMILES string of the molecule is COc1ccc(N/C=C(/C#N)C(=O)Nc2ccc(N)cc2Cl)cc1. The molecule has 0 saturated heterocycles. The van der Waals surface area contributed by atoms with Crippen molar-refractivity contribution in [2.45, 2.75) is 0 Å². The van der Waals surface area contributed by atoms with Gasteiger partial charge < -0.3 is 21.1 Å². The van der Waals surface area contributed by atoms with Crippen LogP contribution < -0.4 is 21.1 Å². The summed E-state index contributed by atoms with van der Waals surface area (Å²) < 4.78 is 5.06. The predicted octanol–water partition coefficient (Wildman–Crippen LogP) is 3.39. The molecule has 0 aromatic heterocycles. The highest BCUT2D eigenvalue weighted by atomic mass is 35.5. The van der Waals surface area contributed by atoms with Gasteiger partial charge in [-0.2, -0.15) is 5.26 Å². The number of nitrogens with two attached hydrogens (primary N) is 1. The first-order valence-corrected chi connectivity index (χ1v) is 7.28. The molecule has 0 saturated carbocycles. The smallest absolute Gasteiger partial charge is 0.267 e. The van der Waals surface area contributed by atoms with Crippen molar-refractivity contribution >= 4 is 34.6 Å². The van der Waals surface area contributed by atoms with Gasteiger partial charge in [0.1, 0.15) is 17.4 Å². The van der Waals surface area contributed by atoms with Gasteiger partial charge in [0.25, 0.3) is 5.91 Å². The van der Waals surface area contributed by atoms with Crippen LogP contribution in [0.1, 0.15) is 0 Å². The number of methoxy groups -OCH3 is 1. The molecule has 122 valence electrons. The standard InChI is InChI=1S/C17H15ClN4O2/c1-24-14-5-3-13(4-6-14)21-10-11(9-19)17(23)22-16-7-2-12(20)8-15(16)18/h2-8,10,21H,20H2,1H3,(H,22,23)/b11-10-. The number of hydrogen-bond donors (Lipinski definition) is 3. The van der Waals surface area contributed by atoms with E-state index < -0.39 is 5.91 Å². The molecule has 0 unspecified atom stereocenters. The van der Waals surface area contributed by atoms with Crippen molar-refractivity contribution in [3.8, 4) is 11.8 Å². The molecule has 7 heteroatoms. The number of halogens is 1. The number of amides is 1. The van der Waals surface area contributed by atoms with E-state index in [-0.39, 0.29) is 5.57 Å². The van der Waals surface area contributed by atoms with Gasteiger partial charge in [-0.25, -0.2) is 0 Å². The van der Waals surface area contributed by atoms with E-state index in [1.165, 1.54) is 12.3 Å². The van der Waals surface area contributed by atoms with Crippen LogP contribution in [0.25, 0.3) is 0 Å². The average molecular weight is 343 g/mol. The fraction of sp³-hybridized carbons (Fsp3) is 0.0588. The van der Waals surface area contributed by atoms with Gasteiger partial charge in [0.05, 0.1) is 17.8 Å². The van der Waals surface area contributed by atoms with Gasteiger partial charge in [-0.05, 0) is 42.5 Å². The molecular formula is C17H15ClN4O2. The first kappa shape index (κ1) is 17.2. The van der Waals surface area contributed by atoms with Crippen molar-refractivity contribution in [3.05, 3.63) is 59.3 Å². The number of nitrogens with one attached hydrogen (secondary N) is 2. The van der Waals surface area contributed by atoms with Crippen LogP contribution in [-0.4, -0.2) is 13.0 Å². The Morgan fingerprint density at radius 1 is 1.29 bits per heavy atom. The number of nitrogen functional groups attached to an aromatic ring is 1. The number of carbonyl (C=O) groups excluding carboxylic acids is 1. The van der Waals surface area contributed by atoms with E-state index in [1.807, 2.05) is 6.07 Å². The minimum Gasteiger partial charge on any atom is -0.497 e. The van der Waals surface area contributed by atoms with E-state index >= 15 is 0 Å². The first-order chi connectivity index (χ1) is 11.5. The zero-order valence-corrected chi connectivity index (χ0v) is 13.6. The fourth-order valence-corrected chi connectivity index (χ4v) is 2.05. The molecule has 4 N–H and O–H groups in total. The normalized spacial score (nSPS) is 10.6. The zero-order valence-electron chi connectivity index (χ0n) is 12.8. The number of ether oxygens (including phenoxy) is 1. The summed E-state index contributed by atoms with van der Waals surface area (Å²) in [6.07, 6.45) is 1.32. The zero-order chi connectivity index (χ0) is 17.5. The minimum absolute atomic E-state index is 0.0984. The van der Waals surface area contributed by atoms with Crippen LogP contribution in [0.15, 0.2) is 54.2 Å². The van der Waals surface area contributed by atoms with E-state index in [0.717, 1.165) is 0 Å². The Hall–Kier alpha value is -3.17. The van der Waals surface area contributed by atoms with E-state index in [2.05, 4.69) is 10.6 Å². The van der Waals surface area contributed by atoms with Gasteiger partial charge in [-0.1, -0.05) is 11.6 Å². The summed E-state index contributed by atoms with van der Waals surface area (Å²) in [5.74, 6) is 0.131. The summed E-state index contributed by atoms with van der Waals surface area (Å²) in [6.45, 7) is 0. The maximum absolute atomic E-state index is 12.2. The molecular weight excluding hydrogens is 328 g/mol. The van der Waals surface area contributed by atoms with Crippen molar-refractivity contribution in [2.75, 3.05) is 23.5 Å². The monoisotopic (exact) mass is 342 g/mol. The molecule has 1 amide bonds. The quantitative estimate of drug-likeness (QED) is 0.439. The minimum atomic E-state index is -0.579. The Kier molecular flexibility index (Phi) is 5.66. The fourth-order valence-electron chi connectivity index (χ4n) is 1.81. The van der Waals surface area contributed by atoms with Crippen molar-refractivity contribution in [2.24, 2.45) is 0 Å². The number of anilines is 3. The molecule has 0 fully saturated rings. The topological polar surface area (TPSA) is 100 Å². The van der Waals surface area contributed by atoms with E-state index in [0.29, 0.717) is 27.8 Å². The molecule has 0 aliphatic carbocycles. The summed E-state index contributed by atoms with van der Waals surface area (Å²) in [7, 11) is 1.57. The summed E-state index contributed by atoms with van der Waals surface area (Å²) >= 11 is 6.00. The molecule has 2 aromatic rings. The van der Waals surface area contributed by atoms with Crippen LogP contribution in [0.5, 0.6) is 5.75 Å².